The fraction of sp³-hybridized carbons (Fsp3) is 0.143. The third-order valence-electron chi connectivity index (χ3n) is 3.91. The van der Waals surface area contributed by atoms with Gasteiger partial charge in [0.25, 0.3) is 0 Å². The lowest BCUT2D eigenvalue weighted by Gasteiger charge is -2.13. The zero-order valence-corrected chi connectivity index (χ0v) is 13.4. The van der Waals surface area contributed by atoms with E-state index >= 15 is 0 Å². The molecular formula is C21H21N. The zero-order valence-electron chi connectivity index (χ0n) is 13.4. The third-order valence-corrected chi connectivity index (χ3v) is 3.91. The molecule has 0 aliphatic rings. The van der Waals surface area contributed by atoms with Crippen LogP contribution in [0.15, 0.2) is 60.7 Å². The van der Waals surface area contributed by atoms with Crippen molar-refractivity contribution in [2.24, 2.45) is 0 Å². The number of anilines is 1. The smallest absolute Gasteiger partial charge is 0.0320 e. The molecule has 1 nitrogen and oxygen atoms in total. The average Bonchev–Trinajstić information content (AvgIpc) is 2.46. The monoisotopic (exact) mass is 287 g/mol. The van der Waals surface area contributed by atoms with Crippen molar-refractivity contribution in [2.75, 3.05) is 5.73 Å². The lowest BCUT2D eigenvalue weighted by Crippen LogP contribution is -1.90. The summed E-state index contributed by atoms with van der Waals surface area (Å²) in [5.74, 6) is 0. The van der Waals surface area contributed by atoms with Gasteiger partial charge in [0.1, 0.15) is 0 Å². The molecule has 0 aliphatic carbocycles. The molecule has 0 heterocycles. The Morgan fingerprint density at radius 1 is 0.591 bits per heavy atom. The first-order chi connectivity index (χ1) is 10.5. The van der Waals surface area contributed by atoms with E-state index in [0.717, 1.165) is 11.3 Å². The van der Waals surface area contributed by atoms with Gasteiger partial charge in [-0.25, -0.2) is 0 Å². The highest BCUT2D eigenvalue weighted by atomic mass is 14.5. The predicted octanol–water partition coefficient (Wildman–Crippen LogP) is 5.53. The number of nitrogen functional groups attached to an aromatic ring is 1. The lowest BCUT2D eigenvalue weighted by atomic mass is 9.91. The van der Waals surface area contributed by atoms with Crippen LogP contribution in [-0.4, -0.2) is 0 Å². The number of nitrogens with two attached hydrogens (primary N) is 1. The second-order valence-electron chi connectivity index (χ2n) is 6.05. The van der Waals surface area contributed by atoms with Gasteiger partial charge in [0.15, 0.2) is 0 Å². The van der Waals surface area contributed by atoms with Crippen molar-refractivity contribution < 1.29 is 0 Å². The summed E-state index contributed by atoms with van der Waals surface area (Å²) in [7, 11) is 0. The molecule has 0 amide bonds. The quantitative estimate of drug-likeness (QED) is 0.616. The normalized spacial score (nSPS) is 10.7. The number of hydrogen-bond donors (Lipinski definition) is 1. The second kappa shape index (κ2) is 5.69. The maximum Gasteiger partial charge on any atom is 0.0320 e. The molecule has 3 aromatic carbocycles. The Bertz CT molecular complexity index is 811. The van der Waals surface area contributed by atoms with Crippen molar-refractivity contribution in [1.82, 2.24) is 0 Å². The van der Waals surface area contributed by atoms with Crippen molar-refractivity contribution in [3.63, 3.8) is 0 Å². The van der Waals surface area contributed by atoms with Crippen molar-refractivity contribution in [2.45, 2.75) is 20.8 Å². The van der Waals surface area contributed by atoms with Crippen LogP contribution in [0.25, 0.3) is 22.3 Å². The van der Waals surface area contributed by atoms with Crippen molar-refractivity contribution >= 4 is 5.69 Å². The van der Waals surface area contributed by atoms with Crippen molar-refractivity contribution in [3.8, 4) is 22.3 Å². The molecule has 0 fully saturated rings. The Morgan fingerprint density at radius 2 is 1.32 bits per heavy atom. The van der Waals surface area contributed by atoms with E-state index in [2.05, 4.69) is 63.2 Å². The third kappa shape index (κ3) is 2.89. The molecular weight excluding hydrogens is 266 g/mol. The Morgan fingerprint density at radius 3 is 2.00 bits per heavy atom. The molecule has 0 radical (unpaired) electrons. The summed E-state index contributed by atoms with van der Waals surface area (Å²) < 4.78 is 0. The van der Waals surface area contributed by atoms with E-state index < -0.39 is 0 Å². The minimum Gasteiger partial charge on any atom is -0.399 e. The predicted molar refractivity (Wildman–Crippen MR) is 95.9 cm³/mol. The maximum atomic E-state index is 5.97. The zero-order chi connectivity index (χ0) is 15.7. The molecule has 0 saturated heterocycles. The molecule has 0 aromatic heterocycles. The fourth-order valence-corrected chi connectivity index (χ4v) is 2.99. The standard InChI is InChI=1S/C21H21N/c1-14-7-8-20(18-10-15(2)9-16(3)11-18)21(12-14)17-5-4-6-19(22)13-17/h4-13H,22H2,1-3H3. The summed E-state index contributed by atoms with van der Waals surface area (Å²) >= 11 is 0. The molecule has 0 aliphatic heterocycles. The number of aryl methyl sites for hydroxylation is 3. The Kier molecular flexibility index (Phi) is 3.72. The van der Waals surface area contributed by atoms with Gasteiger partial charge in [-0.1, -0.05) is 65.2 Å². The summed E-state index contributed by atoms with van der Waals surface area (Å²) in [6, 6.07) is 21.4. The number of rotatable bonds is 2. The average molecular weight is 287 g/mol. The molecule has 0 unspecified atom stereocenters. The topological polar surface area (TPSA) is 26.0 Å². The van der Waals surface area contributed by atoms with E-state index in [-0.39, 0.29) is 0 Å². The van der Waals surface area contributed by atoms with E-state index in [9.17, 15) is 0 Å². The van der Waals surface area contributed by atoms with Crippen LogP contribution in [0.1, 0.15) is 16.7 Å². The first kappa shape index (κ1) is 14.4. The van der Waals surface area contributed by atoms with E-state index in [1.54, 1.807) is 0 Å². The van der Waals surface area contributed by atoms with Crippen LogP contribution in [-0.2, 0) is 0 Å². The highest BCUT2D eigenvalue weighted by Gasteiger charge is 2.09. The summed E-state index contributed by atoms with van der Waals surface area (Å²) in [4.78, 5) is 0. The molecule has 0 saturated carbocycles. The van der Waals surface area contributed by atoms with Gasteiger partial charge < -0.3 is 5.73 Å². The van der Waals surface area contributed by atoms with Gasteiger partial charge >= 0.3 is 0 Å². The van der Waals surface area contributed by atoms with Crippen LogP contribution in [0.4, 0.5) is 5.69 Å². The molecule has 22 heavy (non-hydrogen) atoms. The van der Waals surface area contributed by atoms with Gasteiger partial charge in [-0.15, -0.1) is 0 Å². The fourth-order valence-electron chi connectivity index (χ4n) is 2.99. The minimum atomic E-state index is 0.797. The van der Waals surface area contributed by atoms with Crippen molar-refractivity contribution in [3.05, 3.63) is 77.4 Å². The van der Waals surface area contributed by atoms with Crippen LogP contribution in [0.3, 0.4) is 0 Å². The van der Waals surface area contributed by atoms with E-state index in [0.29, 0.717) is 0 Å². The number of hydrogen-bond acceptors (Lipinski definition) is 1. The summed E-state index contributed by atoms with van der Waals surface area (Å²) in [5.41, 5.74) is 15.5. The van der Waals surface area contributed by atoms with Crippen LogP contribution < -0.4 is 5.73 Å². The minimum absolute atomic E-state index is 0.797. The molecule has 2 N–H and O–H groups in total. The first-order valence-corrected chi connectivity index (χ1v) is 7.58. The SMILES string of the molecule is Cc1cc(C)cc(-c2ccc(C)cc2-c2cccc(N)c2)c1. The summed E-state index contributed by atoms with van der Waals surface area (Å²) in [6.07, 6.45) is 0. The summed E-state index contributed by atoms with van der Waals surface area (Å²) in [5, 5.41) is 0. The van der Waals surface area contributed by atoms with Gasteiger partial charge in [0.05, 0.1) is 0 Å². The Balaban J connectivity index is 2.24. The molecule has 3 rings (SSSR count). The molecule has 3 aromatic rings. The molecule has 0 atom stereocenters. The highest BCUT2D eigenvalue weighted by molar-refractivity contribution is 5.85. The van der Waals surface area contributed by atoms with Crippen LogP contribution in [0.5, 0.6) is 0 Å². The van der Waals surface area contributed by atoms with E-state index in [4.69, 9.17) is 5.73 Å². The first-order valence-electron chi connectivity index (χ1n) is 7.58. The van der Waals surface area contributed by atoms with Gasteiger partial charge in [0.2, 0.25) is 0 Å². The molecule has 0 bridgehead atoms. The maximum absolute atomic E-state index is 5.97. The Hall–Kier alpha value is -2.54. The van der Waals surface area contributed by atoms with Crippen molar-refractivity contribution in [1.29, 1.82) is 0 Å². The molecule has 110 valence electrons. The van der Waals surface area contributed by atoms with Gasteiger partial charge in [-0.2, -0.15) is 0 Å². The molecule has 0 spiro atoms. The number of benzene rings is 3. The highest BCUT2D eigenvalue weighted by Crippen LogP contribution is 2.34. The van der Waals surface area contributed by atoms with Gasteiger partial charge in [-0.3, -0.25) is 0 Å². The van der Waals surface area contributed by atoms with E-state index in [1.807, 2.05) is 18.2 Å². The van der Waals surface area contributed by atoms with E-state index in [1.165, 1.54) is 33.4 Å². The Labute approximate surface area is 132 Å². The summed E-state index contributed by atoms with van der Waals surface area (Å²) in [6.45, 7) is 6.41. The van der Waals surface area contributed by atoms with Crippen LogP contribution >= 0.6 is 0 Å². The molecule has 1 heteroatoms. The van der Waals surface area contributed by atoms with Crippen LogP contribution in [0.2, 0.25) is 0 Å². The van der Waals surface area contributed by atoms with Gasteiger partial charge in [-0.05, 0) is 55.2 Å². The van der Waals surface area contributed by atoms with Crippen LogP contribution in [0, 0.1) is 20.8 Å². The second-order valence-corrected chi connectivity index (χ2v) is 6.05. The lowest BCUT2D eigenvalue weighted by molar-refractivity contribution is 1.38. The van der Waals surface area contributed by atoms with Gasteiger partial charge in [0, 0.05) is 5.69 Å². The largest absolute Gasteiger partial charge is 0.399 e.